The largest absolute Gasteiger partial charge is 0.449 e. The van der Waals surface area contributed by atoms with Crippen molar-refractivity contribution in [2.24, 2.45) is 5.92 Å². The van der Waals surface area contributed by atoms with Crippen LogP contribution in [0.1, 0.15) is 39.5 Å². The molecular weight excluding hydrogens is 164 g/mol. The van der Waals surface area contributed by atoms with E-state index >= 15 is 0 Å². The van der Waals surface area contributed by atoms with Crippen molar-refractivity contribution in [1.29, 1.82) is 0 Å². The van der Waals surface area contributed by atoms with Gasteiger partial charge in [0.2, 0.25) is 0 Å². The molecule has 72 valence electrons. The smallest absolute Gasteiger partial charge is 0.310 e. The maximum atomic E-state index is 11.4. The van der Waals surface area contributed by atoms with Crippen molar-refractivity contribution in [3.05, 3.63) is 0 Å². The fraction of sp³-hybridized carbons (Fsp3) is 0.727. The summed E-state index contributed by atoms with van der Waals surface area (Å²) in [4.78, 5) is 11.4. The van der Waals surface area contributed by atoms with Crippen LogP contribution in [0.25, 0.3) is 0 Å². The minimum Gasteiger partial charge on any atom is -0.449 e. The summed E-state index contributed by atoms with van der Waals surface area (Å²) in [5, 5.41) is 0. The van der Waals surface area contributed by atoms with Crippen LogP contribution in [0.4, 0.5) is 0 Å². The average molecular weight is 180 g/mol. The highest BCUT2D eigenvalue weighted by atomic mass is 16.5. The van der Waals surface area contributed by atoms with Gasteiger partial charge < -0.3 is 4.74 Å². The fourth-order valence-corrected chi connectivity index (χ4v) is 1.26. The van der Waals surface area contributed by atoms with Crippen molar-refractivity contribution < 1.29 is 9.53 Å². The molecule has 1 unspecified atom stereocenters. The summed E-state index contributed by atoms with van der Waals surface area (Å²) in [6, 6.07) is 0. The van der Waals surface area contributed by atoms with Crippen LogP contribution in [0, 0.1) is 17.8 Å². The van der Waals surface area contributed by atoms with Crippen LogP contribution in [0.15, 0.2) is 0 Å². The molecule has 0 aromatic carbocycles. The first-order chi connectivity index (χ1) is 6.27. The van der Waals surface area contributed by atoms with Crippen LogP contribution < -0.4 is 0 Å². The Morgan fingerprint density at radius 2 is 2.31 bits per heavy atom. The number of carbonyl (C=O) groups is 1. The Morgan fingerprint density at radius 3 is 2.69 bits per heavy atom. The van der Waals surface area contributed by atoms with Crippen LogP contribution in [-0.4, -0.2) is 12.1 Å². The lowest BCUT2D eigenvalue weighted by atomic mass is 9.86. The van der Waals surface area contributed by atoms with E-state index in [2.05, 4.69) is 11.8 Å². The molecule has 0 aliphatic heterocycles. The van der Waals surface area contributed by atoms with Gasteiger partial charge in [0.15, 0.2) is 6.10 Å². The Labute approximate surface area is 79.7 Å². The summed E-state index contributed by atoms with van der Waals surface area (Å²) >= 11 is 0. The van der Waals surface area contributed by atoms with Gasteiger partial charge in [-0.25, -0.2) is 0 Å². The van der Waals surface area contributed by atoms with Gasteiger partial charge in [0, 0.05) is 0 Å². The van der Waals surface area contributed by atoms with E-state index in [0.717, 1.165) is 25.7 Å². The highest BCUT2D eigenvalue weighted by Gasteiger charge is 2.27. The molecule has 0 aromatic heterocycles. The van der Waals surface area contributed by atoms with Crippen LogP contribution >= 0.6 is 0 Å². The Balaban J connectivity index is 2.34. The third-order valence-corrected chi connectivity index (χ3v) is 2.37. The van der Waals surface area contributed by atoms with Crippen LogP contribution in [0.2, 0.25) is 0 Å². The van der Waals surface area contributed by atoms with E-state index in [4.69, 9.17) is 4.74 Å². The average Bonchev–Trinajstić information content (AvgIpc) is 2.00. The Kier molecular flexibility index (Phi) is 3.82. The molecule has 0 aromatic rings. The van der Waals surface area contributed by atoms with Crippen LogP contribution in [0.3, 0.4) is 0 Å². The van der Waals surface area contributed by atoms with Crippen molar-refractivity contribution >= 4 is 5.97 Å². The van der Waals surface area contributed by atoms with E-state index in [1.165, 1.54) is 0 Å². The second-order valence-corrected chi connectivity index (χ2v) is 3.36. The zero-order valence-corrected chi connectivity index (χ0v) is 8.30. The van der Waals surface area contributed by atoms with E-state index in [0.29, 0.717) is 0 Å². The molecule has 1 atom stereocenters. The van der Waals surface area contributed by atoms with Gasteiger partial charge in [0.05, 0.1) is 5.92 Å². The van der Waals surface area contributed by atoms with E-state index < -0.39 is 0 Å². The van der Waals surface area contributed by atoms with Crippen LogP contribution in [-0.2, 0) is 9.53 Å². The molecule has 1 saturated carbocycles. The van der Waals surface area contributed by atoms with Gasteiger partial charge in [-0.1, -0.05) is 19.3 Å². The molecule has 1 fully saturated rings. The summed E-state index contributed by atoms with van der Waals surface area (Å²) < 4.78 is 5.23. The molecule has 0 amide bonds. The molecule has 0 spiro atoms. The first kappa shape index (κ1) is 10.1. The summed E-state index contributed by atoms with van der Waals surface area (Å²) in [6.07, 6.45) is 3.73. The molecule has 0 bridgehead atoms. The third-order valence-electron chi connectivity index (χ3n) is 2.37. The van der Waals surface area contributed by atoms with Gasteiger partial charge in [-0.3, -0.25) is 4.79 Å². The molecule has 1 aliphatic rings. The van der Waals surface area contributed by atoms with Gasteiger partial charge in [-0.2, -0.15) is 0 Å². The molecule has 2 heteroatoms. The molecule has 2 nitrogen and oxygen atoms in total. The van der Waals surface area contributed by atoms with Gasteiger partial charge >= 0.3 is 5.97 Å². The molecular formula is C11H16O2. The molecule has 0 saturated heterocycles. The van der Waals surface area contributed by atoms with Crippen molar-refractivity contribution in [3.8, 4) is 11.8 Å². The van der Waals surface area contributed by atoms with Gasteiger partial charge in [0.1, 0.15) is 0 Å². The van der Waals surface area contributed by atoms with Crippen LogP contribution in [0.5, 0.6) is 0 Å². The Bertz CT molecular complexity index is 230. The number of hydrogen-bond acceptors (Lipinski definition) is 2. The zero-order valence-electron chi connectivity index (χ0n) is 8.30. The molecule has 0 N–H and O–H groups in total. The van der Waals surface area contributed by atoms with Crippen molar-refractivity contribution in [1.82, 2.24) is 0 Å². The zero-order chi connectivity index (χ0) is 9.68. The second kappa shape index (κ2) is 4.91. The van der Waals surface area contributed by atoms with E-state index in [-0.39, 0.29) is 18.0 Å². The topological polar surface area (TPSA) is 26.3 Å². The summed E-state index contributed by atoms with van der Waals surface area (Å²) in [5.74, 6) is 5.75. The fourth-order valence-electron chi connectivity index (χ4n) is 1.26. The number of ether oxygens (including phenoxy) is 1. The van der Waals surface area contributed by atoms with Gasteiger partial charge in [0.25, 0.3) is 0 Å². The predicted octanol–water partition coefficient (Wildman–Crippen LogP) is 2.13. The highest BCUT2D eigenvalue weighted by molar-refractivity contribution is 5.73. The summed E-state index contributed by atoms with van der Waals surface area (Å²) in [5.41, 5.74) is 0. The monoisotopic (exact) mass is 180 g/mol. The Morgan fingerprint density at radius 1 is 1.62 bits per heavy atom. The predicted molar refractivity (Wildman–Crippen MR) is 51.0 cm³/mol. The van der Waals surface area contributed by atoms with Crippen molar-refractivity contribution in [2.75, 3.05) is 0 Å². The number of esters is 1. The van der Waals surface area contributed by atoms with Gasteiger partial charge in [-0.15, -0.1) is 5.92 Å². The van der Waals surface area contributed by atoms with E-state index in [1.807, 2.05) is 6.92 Å². The first-order valence-electron chi connectivity index (χ1n) is 4.90. The maximum Gasteiger partial charge on any atom is 0.310 e. The highest BCUT2D eigenvalue weighted by Crippen LogP contribution is 2.27. The number of carbonyl (C=O) groups excluding carboxylic acids is 1. The summed E-state index contributed by atoms with van der Waals surface area (Å²) in [6.45, 7) is 3.74. The quantitative estimate of drug-likeness (QED) is 0.491. The van der Waals surface area contributed by atoms with Gasteiger partial charge in [-0.05, 0) is 26.2 Å². The lowest BCUT2D eigenvalue weighted by molar-refractivity contribution is -0.154. The molecule has 0 heterocycles. The lowest BCUT2D eigenvalue weighted by Crippen LogP contribution is -2.27. The Hall–Kier alpha value is -0.970. The SMILES string of the molecule is CC#CC(CC)OC(=O)C1CCC1. The van der Waals surface area contributed by atoms with Crippen molar-refractivity contribution in [2.45, 2.75) is 45.6 Å². The molecule has 1 rings (SSSR count). The third kappa shape index (κ3) is 2.77. The minimum absolute atomic E-state index is 0.0548. The number of rotatable bonds is 3. The van der Waals surface area contributed by atoms with Crippen molar-refractivity contribution in [3.63, 3.8) is 0 Å². The van der Waals surface area contributed by atoms with E-state index in [1.54, 1.807) is 6.92 Å². The molecule has 0 radical (unpaired) electrons. The maximum absolute atomic E-state index is 11.4. The lowest BCUT2D eigenvalue weighted by Gasteiger charge is -2.24. The minimum atomic E-state index is -0.196. The number of hydrogen-bond donors (Lipinski definition) is 0. The molecule has 13 heavy (non-hydrogen) atoms. The standard InChI is InChI=1S/C11H16O2/c1-3-6-10(4-2)13-11(12)9-7-5-8-9/h9-10H,4-5,7-8H2,1-2H3. The first-order valence-corrected chi connectivity index (χ1v) is 4.90. The summed E-state index contributed by atoms with van der Waals surface area (Å²) in [7, 11) is 0. The van der Waals surface area contributed by atoms with E-state index in [9.17, 15) is 4.79 Å². The normalized spacial score (nSPS) is 18.0. The molecule has 1 aliphatic carbocycles. The second-order valence-electron chi connectivity index (χ2n) is 3.36.